The fraction of sp³-hybridized carbons (Fsp3) is 0.812. The summed E-state index contributed by atoms with van der Waals surface area (Å²) in [6.45, 7) is 3.34. The maximum atomic E-state index is 12.9. The first-order valence-corrected chi connectivity index (χ1v) is 9.73. The molecule has 0 aromatic carbocycles. The number of aryl methyl sites for hydroxylation is 2. The Morgan fingerprint density at radius 3 is 1.96 bits per heavy atom. The van der Waals surface area contributed by atoms with Crippen molar-refractivity contribution >= 4 is 10.0 Å². The van der Waals surface area contributed by atoms with E-state index in [4.69, 9.17) is 4.52 Å². The van der Waals surface area contributed by atoms with Crippen molar-refractivity contribution in [1.82, 2.24) is 14.4 Å². The lowest BCUT2D eigenvalue weighted by Gasteiger charge is -2.26. The molecule has 0 N–H and O–H groups in total. The van der Waals surface area contributed by atoms with Crippen molar-refractivity contribution in [3.8, 4) is 0 Å². The van der Waals surface area contributed by atoms with Gasteiger partial charge in [-0.1, -0.05) is 5.16 Å². The predicted molar refractivity (Wildman–Crippen MR) is 87.6 cm³/mol. The van der Waals surface area contributed by atoms with Crippen LogP contribution in [0.5, 0.6) is 0 Å². The first kappa shape index (κ1) is 16.9. The highest BCUT2D eigenvalue weighted by atomic mass is 32.2. The lowest BCUT2D eigenvalue weighted by atomic mass is 10.0. The predicted octanol–water partition coefficient (Wildman–Crippen LogP) is 2.03. The van der Waals surface area contributed by atoms with Gasteiger partial charge in [-0.25, -0.2) is 8.42 Å². The average Bonchev–Trinajstić information content (AvgIpc) is 3.10. The summed E-state index contributed by atoms with van der Waals surface area (Å²) in [6, 6.07) is 0.738. The first-order chi connectivity index (χ1) is 10.7. The van der Waals surface area contributed by atoms with Crippen LogP contribution in [-0.2, 0) is 10.0 Å². The van der Waals surface area contributed by atoms with Gasteiger partial charge in [-0.3, -0.25) is 0 Å². The number of fused-ring (bicyclic) bond motifs is 1. The van der Waals surface area contributed by atoms with E-state index in [0.717, 1.165) is 12.8 Å². The molecule has 1 aromatic heterocycles. The van der Waals surface area contributed by atoms with Gasteiger partial charge in [-0.15, -0.1) is 0 Å². The molecular weight excluding hydrogens is 314 g/mol. The number of sulfonamides is 1. The molecule has 0 amide bonds. The molecule has 1 aromatic rings. The van der Waals surface area contributed by atoms with Crippen molar-refractivity contribution in [2.45, 2.75) is 56.5 Å². The number of rotatable bonds is 4. The van der Waals surface area contributed by atoms with Crippen molar-refractivity contribution < 1.29 is 12.9 Å². The number of nitrogens with zero attached hydrogens (tertiary/aromatic N) is 3. The normalized spacial score (nSPS) is 31.3. The molecule has 23 heavy (non-hydrogen) atoms. The van der Waals surface area contributed by atoms with Crippen LogP contribution in [0.4, 0.5) is 0 Å². The first-order valence-electron chi connectivity index (χ1n) is 8.29. The van der Waals surface area contributed by atoms with Crippen LogP contribution in [0, 0.1) is 25.7 Å². The second kappa shape index (κ2) is 5.86. The quantitative estimate of drug-likeness (QED) is 0.838. The van der Waals surface area contributed by atoms with E-state index in [2.05, 4.69) is 24.2 Å². The summed E-state index contributed by atoms with van der Waals surface area (Å²) in [6.07, 6.45) is 4.31. The summed E-state index contributed by atoms with van der Waals surface area (Å²) >= 11 is 0. The largest absolute Gasteiger partial charge is 0.360 e. The van der Waals surface area contributed by atoms with E-state index >= 15 is 0 Å². The Kier molecular flexibility index (Phi) is 4.31. The molecule has 0 bridgehead atoms. The zero-order chi connectivity index (χ0) is 16.9. The van der Waals surface area contributed by atoms with Crippen LogP contribution in [0.15, 0.2) is 9.42 Å². The van der Waals surface area contributed by atoms with E-state index in [1.165, 1.54) is 12.8 Å². The highest BCUT2D eigenvalue weighted by molar-refractivity contribution is 7.89. The van der Waals surface area contributed by atoms with E-state index < -0.39 is 10.0 Å². The molecule has 2 aliphatic carbocycles. The second-order valence-electron chi connectivity index (χ2n) is 7.41. The van der Waals surface area contributed by atoms with Crippen LogP contribution in [0.2, 0.25) is 0 Å². The van der Waals surface area contributed by atoms with Gasteiger partial charge in [0.25, 0.3) is 0 Å². The van der Waals surface area contributed by atoms with Crippen LogP contribution in [0.3, 0.4) is 0 Å². The molecule has 0 aliphatic heterocycles. The highest BCUT2D eigenvalue weighted by Crippen LogP contribution is 2.47. The van der Waals surface area contributed by atoms with E-state index in [1.54, 1.807) is 25.2 Å². The fourth-order valence-electron chi connectivity index (χ4n) is 4.45. The molecule has 0 spiro atoms. The molecule has 4 atom stereocenters. The van der Waals surface area contributed by atoms with Gasteiger partial charge >= 0.3 is 0 Å². The number of hydrogen-bond donors (Lipinski definition) is 0. The van der Waals surface area contributed by atoms with Crippen molar-refractivity contribution in [3.63, 3.8) is 0 Å². The number of hydrogen-bond acceptors (Lipinski definition) is 5. The third kappa shape index (κ3) is 2.83. The minimum Gasteiger partial charge on any atom is -0.360 e. The second-order valence-corrected chi connectivity index (χ2v) is 9.34. The summed E-state index contributed by atoms with van der Waals surface area (Å²) in [5.74, 6) is 1.67. The van der Waals surface area contributed by atoms with Gasteiger partial charge in [0.1, 0.15) is 10.6 Å². The Morgan fingerprint density at radius 1 is 1.00 bits per heavy atom. The summed E-state index contributed by atoms with van der Waals surface area (Å²) in [5.41, 5.74) is 0.445. The molecule has 3 rings (SSSR count). The van der Waals surface area contributed by atoms with Gasteiger partial charge in [0.2, 0.25) is 10.0 Å². The Morgan fingerprint density at radius 2 is 1.52 bits per heavy atom. The molecule has 2 aliphatic rings. The topological polar surface area (TPSA) is 66.7 Å². The van der Waals surface area contributed by atoms with Gasteiger partial charge in [0.15, 0.2) is 5.76 Å². The maximum Gasteiger partial charge on any atom is 0.248 e. The fourth-order valence-corrected chi connectivity index (χ4v) is 6.12. The van der Waals surface area contributed by atoms with Crippen molar-refractivity contribution in [2.75, 3.05) is 21.1 Å². The Labute approximate surface area is 138 Å². The van der Waals surface area contributed by atoms with Gasteiger partial charge < -0.3 is 9.42 Å². The average molecular weight is 341 g/mol. The minimum absolute atomic E-state index is 0.0896. The zero-order valence-electron chi connectivity index (χ0n) is 14.6. The molecule has 0 radical (unpaired) electrons. The molecule has 1 heterocycles. The van der Waals surface area contributed by atoms with Crippen LogP contribution < -0.4 is 0 Å². The Hall–Kier alpha value is -0.920. The summed E-state index contributed by atoms with van der Waals surface area (Å²) in [5, 5.41) is 3.79. The van der Waals surface area contributed by atoms with Gasteiger partial charge in [-0.05, 0) is 65.5 Å². The van der Waals surface area contributed by atoms with Crippen LogP contribution in [-0.4, -0.2) is 56.0 Å². The van der Waals surface area contributed by atoms with Crippen LogP contribution >= 0.6 is 0 Å². The molecule has 2 unspecified atom stereocenters. The molecule has 130 valence electrons. The van der Waals surface area contributed by atoms with Crippen molar-refractivity contribution in [3.05, 3.63) is 11.5 Å². The summed E-state index contributed by atoms with van der Waals surface area (Å²) < 4.78 is 32.5. The molecule has 2 fully saturated rings. The molecule has 2 saturated carbocycles. The Balaban J connectivity index is 1.75. The van der Waals surface area contributed by atoms with Crippen molar-refractivity contribution in [1.29, 1.82) is 0 Å². The van der Waals surface area contributed by atoms with E-state index in [0.29, 0.717) is 29.3 Å². The molecule has 7 heteroatoms. The maximum absolute atomic E-state index is 12.9. The van der Waals surface area contributed by atoms with Crippen LogP contribution in [0.1, 0.15) is 37.1 Å². The standard InChI is InChI=1S/C16H27N3O3S/c1-10-16(11(2)22-17-10)23(20,21)19(5)15-8-12-6-14(18(3)4)7-13(12)9-15/h12-15H,6-9H2,1-5H3/t12-,13+,14?,15?. The van der Waals surface area contributed by atoms with E-state index in [9.17, 15) is 8.42 Å². The zero-order valence-corrected chi connectivity index (χ0v) is 15.4. The van der Waals surface area contributed by atoms with Gasteiger partial charge in [0, 0.05) is 19.1 Å². The van der Waals surface area contributed by atoms with Crippen molar-refractivity contribution in [2.24, 2.45) is 11.8 Å². The third-order valence-corrected chi connectivity index (χ3v) is 7.97. The smallest absolute Gasteiger partial charge is 0.248 e. The number of aromatic nitrogens is 1. The molecular formula is C16H27N3O3S. The summed E-state index contributed by atoms with van der Waals surface area (Å²) in [7, 11) is 2.44. The van der Waals surface area contributed by atoms with Gasteiger partial charge in [-0.2, -0.15) is 4.31 Å². The highest BCUT2D eigenvalue weighted by Gasteiger charge is 2.46. The third-order valence-electron chi connectivity index (χ3n) is 5.82. The van der Waals surface area contributed by atoms with E-state index in [-0.39, 0.29) is 10.9 Å². The SMILES string of the molecule is Cc1noc(C)c1S(=O)(=O)N(C)C1C[C@H]2CC(N(C)C)C[C@H]2C1. The van der Waals surface area contributed by atoms with Gasteiger partial charge in [0.05, 0.1) is 0 Å². The summed E-state index contributed by atoms with van der Waals surface area (Å²) in [4.78, 5) is 2.54. The molecule has 6 nitrogen and oxygen atoms in total. The monoisotopic (exact) mass is 341 g/mol. The van der Waals surface area contributed by atoms with Crippen LogP contribution in [0.25, 0.3) is 0 Å². The lowest BCUT2D eigenvalue weighted by molar-refractivity contribution is 0.268. The Bertz CT molecular complexity index is 649. The lowest BCUT2D eigenvalue weighted by Crippen LogP contribution is -2.37. The molecule has 0 saturated heterocycles. The van der Waals surface area contributed by atoms with E-state index in [1.807, 2.05) is 0 Å². The minimum atomic E-state index is -3.53.